The molecule has 302 valence electrons. The number of rotatable bonds is 22. The summed E-state index contributed by atoms with van der Waals surface area (Å²) in [4.78, 5) is 14.7. The van der Waals surface area contributed by atoms with Crippen molar-refractivity contribution in [2.24, 2.45) is 0 Å². The Hall–Kier alpha value is -2.51. The topological polar surface area (TPSA) is 147 Å². The molecule has 0 heterocycles. The molecule has 53 heavy (non-hydrogen) atoms. The molecule has 0 aliphatic heterocycles. The fourth-order valence-electron chi connectivity index (χ4n) is 5.06. The molecule has 0 saturated heterocycles. The molecule has 2 rings (SSSR count). The summed E-state index contributed by atoms with van der Waals surface area (Å²) in [5, 5.41) is 11.4. The zero-order chi connectivity index (χ0) is 39.9. The maximum absolute atomic E-state index is 13.9. The molecule has 0 unspecified atom stereocenters. The molecule has 0 saturated carbocycles. The van der Waals surface area contributed by atoms with Gasteiger partial charge < -0.3 is 24.0 Å². The second kappa shape index (κ2) is 21.0. The lowest BCUT2D eigenvalue weighted by Gasteiger charge is -2.31. The Morgan fingerprint density at radius 1 is 0.811 bits per heavy atom. The Kier molecular flexibility index (Phi) is 18.5. The van der Waals surface area contributed by atoms with E-state index in [2.05, 4.69) is 24.3 Å². The molecule has 0 aliphatic rings. The number of phosphoric ester groups is 1. The van der Waals surface area contributed by atoms with Gasteiger partial charge in [-0.25, -0.2) is 9.36 Å². The van der Waals surface area contributed by atoms with Crippen molar-refractivity contribution < 1.29 is 50.1 Å². The van der Waals surface area contributed by atoms with Crippen LogP contribution in [0, 0.1) is 0 Å². The number of amides is 1. The summed E-state index contributed by atoms with van der Waals surface area (Å²) >= 11 is 0. The first-order valence-corrected chi connectivity index (χ1v) is 21.7. The number of nitrogens with zero attached hydrogens (tertiary/aromatic N) is 1. The molecule has 0 spiro atoms. The van der Waals surface area contributed by atoms with Gasteiger partial charge in [0.2, 0.25) is 0 Å². The SMILES string of the molecule is CC(C)(C)OC(=O)N(CCCCCCOCCCCc1ccccc1)C[C@H](O)c1ccc(OP(=O)(OC(C)(C)C)OC(C)(C)C)c(COS(C)(=O)=O)c1. The number of benzene rings is 2. The van der Waals surface area contributed by atoms with Crippen molar-refractivity contribution in [1.29, 1.82) is 0 Å². The molecule has 0 aliphatic carbocycles. The van der Waals surface area contributed by atoms with E-state index in [1.807, 2.05) is 6.07 Å². The molecule has 2 aromatic rings. The smallest absolute Gasteiger partial charge is 0.444 e. The van der Waals surface area contributed by atoms with Crippen LogP contribution in [0.5, 0.6) is 5.75 Å². The molecule has 1 N–H and O–H groups in total. The van der Waals surface area contributed by atoms with E-state index in [0.29, 0.717) is 25.1 Å². The van der Waals surface area contributed by atoms with Crippen molar-refractivity contribution >= 4 is 24.0 Å². The van der Waals surface area contributed by atoms with Crippen LogP contribution in [0.15, 0.2) is 48.5 Å². The molecule has 12 nitrogen and oxygen atoms in total. The van der Waals surface area contributed by atoms with Gasteiger partial charge in [-0.15, -0.1) is 0 Å². The van der Waals surface area contributed by atoms with Crippen LogP contribution < -0.4 is 4.52 Å². The minimum Gasteiger partial charge on any atom is -0.444 e. The first-order valence-electron chi connectivity index (χ1n) is 18.4. The van der Waals surface area contributed by atoms with Crippen LogP contribution >= 0.6 is 7.82 Å². The molecule has 0 aromatic heterocycles. The highest BCUT2D eigenvalue weighted by atomic mass is 32.2. The predicted octanol–water partition coefficient (Wildman–Crippen LogP) is 9.15. The van der Waals surface area contributed by atoms with Gasteiger partial charge in [0.15, 0.2) is 0 Å². The van der Waals surface area contributed by atoms with E-state index in [4.69, 9.17) is 27.2 Å². The Bertz CT molecular complexity index is 1530. The fourth-order valence-corrected chi connectivity index (χ4v) is 7.28. The molecule has 1 atom stereocenters. The van der Waals surface area contributed by atoms with Crippen molar-refractivity contribution in [1.82, 2.24) is 4.90 Å². The van der Waals surface area contributed by atoms with E-state index in [-0.39, 0.29) is 17.9 Å². The number of phosphoric acid groups is 1. The lowest BCUT2D eigenvalue weighted by atomic mass is 10.0. The van der Waals surface area contributed by atoms with E-state index in [0.717, 1.165) is 51.4 Å². The minimum atomic E-state index is -4.26. The van der Waals surface area contributed by atoms with Crippen molar-refractivity contribution in [3.8, 4) is 5.75 Å². The highest BCUT2D eigenvalue weighted by Gasteiger charge is 2.39. The van der Waals surface area contributed by atoms with Crippen LogP contribution in [0.4, 0.5) is 4.79 Å². The maximum atomic E-state index is 13.9. The second-order valence-corrected chi connectivity index (χ2v) is 19.3. The van der Waals surface area contributed by atoms with E-state index < -0.39 is 53.5 Å². The molecule has 14 heteroatoms. The Labute approximate surface area is 318 Å². The lowest BCUT2D eigenvalue weighted by Crippen LogP contribution is -2.39. The van der Waals surface area contributed by atoms with Gasteiger partial charge in [0, 0.05) is 25.3 Å². The Balaban J connectivity index is 2.09. The average Bonchev–Trinajstić information content (AvgIpc) is 2.99. The van der Waals surface area contributed by atoms with Crippen molar-refractivity contribution in [2.75, 3.05) is 32.6 Å². The molecule has 0 radical (unpaired) electrons. The van der Waals surface area contributed by atoms with E-state index in [9.17, 15) is 22.9 Å². The van der Waals surface area contributed by atoms with Crippen molar-refractivity contribution in [2.45, 2.75) is 137 Å². The number of aliphatic hydroxyl groups is 1. The van der Waals surface area contributed by atoms with Crippen LogP contribution in [0.1, 0.15) is 124 Å². The predicted molar refractivity (Wildman–Crippen MR) is 207 cm³/mol. The number of carbonyl (C=O) groups is 1. The summed E-state index contributed by atoms with van der Waals surface area (Å²) in [5.41, 5.74) is -0.712. The number of ether oxygens (including phenoxy) is 2. The van der Waals surface area contributed by atoms with Gasteiger partial charge >= 0.3 is 13.9 Å². The third-order valence-electron chi connectivity index (χ3n) is 7.24. The molecular formula is C39H64NO11PS. The van der Waals surface area contributed by atoms with E-state index in [1.54, 1.807) is 62.3 Å². The zero-order valence-corrected chi connectivity index (χ0v) is 35.2. The van der Waals surface area contributed by atoms with Crippen LogP contribution in [-0.2, 0) is 50.4 Å². The van der Waals surface area contributed by atoms with Gasteiger partial charge in [-0.2, -0.15) is 8.42 Å². The monoisotopic (exact) mass is 785 g/mol. The Morgan fingerprint density at radius 2 is 1.40 bits per heavy atom. The third kappa shape index (κ3) is 21.2. The lowest BCUT2D eigenvalue weighted by molar-refractivity contribution is 0.0137. The standard InChI is InChI=1S/C39H64NO11PS/c1-37(2,3)48-36(42)40(25-17-11-12-18-26-46-27-19-16-22-31-20-14-13-15-21-31)29-34(41)32-23-24-35(33(28-32)30-47-53(10,44)45)49-52(43,50-38(4,5)6)51-39(7,8)9/h13-15,20-21,23-24,28,34,41H,11-12,16-19,22,25-27,29-30H2,1-10H3/t34-/m0/s1. The highest BCUT2D eigenvalue weighted by molar-refractivity contribution is 7.85. The van der Waals surface area contributed by atoms with Crippen molar-refractivity contribution in [3.63, 3.8) is 0 Å². The summed E-state index contributed by atoms with van der Waals surface area (Å²) in [7, 11) is -8.14. The quantitative estimate of drug-likeness (QED) is 0.0692. The maximum Gasteiger partial charge on any atom is 0.531 e. The molecule has 0 bridgehead atoms. The number of hydrogen-bond donors (Lipinski definition) is 1. The number of unbranched alkanes of at least 4 members (excludes halogenated alkanes) is 4. The van der Waals surface area contributed by atoms with Crippen LogP contribution in [-0.4, -0.2) is 73.9 Å². The molecule has 0 fully saturated rings. The Morgan fingerprint density at radius 3 is 1.96 bits per heavy atom. The third-order valence-corrected chi connectivity index (χ3v) is 9.75. The van der Waals surface area contributed by atoms with Gasteiger partial charge in [0.1, 0.15) is 11.4 Å². The van der Waals surface area contributed by atoms with E-state index >= 15 is 0 Å². The minimum absolute atomic E-state index is 0.0124. The number of aliphatic hydroxyl groups excluding tert-OH is 1. The number of aryl methyl sites for hydroxylation is 1. The van der Waals surface area contributed by atoms with Crippen LogP contribution in [0.3, 0.4) is 0 Å². The van der Waals surface area contributed by atoms with Gasteiger partial charge in [-0.05, 0) is 118 Å². The average molecular weight is 786 g/mol. The summed E-state index contributed by atoms with van der Waals surface area (Å²) in [6, 6.07) is 14.9. The second-order valence-electron chi connectivity index (χ2n) is 16.2. The summed E-state index contributed by atoms with van der Waals surface area (Å²) < 4.78 is 71.6. The summed E-state index contributed by atoms with van der Waals surface area (Å²) in [6.45, 7) is 16.7. The summed E-state index contributed by atoms with van der Waals surface area (Å²) in [6.07, 6.45) is 5.71. The summed E-state index contributed by atoms with van der Waals surface area (Å²) in [5.74, 6) is -0.0124. The first-order chi connectivity index (χ1) is 24.4. The van der Waals surface area contributed by atoms with Gasteiger partial charge in [-0.3, -0.25) is 13.2 Å². The largest absolute Gasteiger partial charge is 0.531 e. The molecule has 2 aromatic carbocycles. The number of hydrogen-bond acceptors (Lipinski definition) is 11. The number of carbonyl (C=O) groups excluding carboxylic acids is 1. The first kappa shape index (κ1) is 46.6. The van der Waals surface area contributed by atoms with Gasteiger partial charge in [-0.1, -0.05) is 49.2 Å². The molecule has 1 amide bonds. The fraction of sp³-hybridized carbons (Fsp3) is 0.667. The van der Waals surface area contributed by atoms with Gasteiger partial charge in [0.25, 0.3) is 10.1 Å². The van der Waals surface area contributed by atoms with Crippen molar-refractivity contribution in [3.05, 3.63) is 65.2 Å². The zero-order valence-electron chi connectivity index (χ0n) is 33.5. The van der Waals surface area contributed by atoms with Crippen LogP contribution in [0.2, 0.25) is 0 Å². The highest BCUT2D eigenvalue weighted by Crippen LogP contribution is 2.55. The molecular weight excluding hydrogens is 721 g/mol. The van der Waals surface area contributed by atoms with Gasteiger partial charge in [0.05, 0.1) is 36.7 Å². The normalized spacial score (nSPS) is 13.5. The van der Waals surface area contributed by atoms with E-state index in [1.165, 1.54) is 28.7 Å². The van der Waals surface area contributed by atoms with Crippen LogP contribution in [0.25, 0.3) is 0 Å².